The van der Waals surface area contributed by atoms with Crippen LogP contribution in [0.5, 0.6) is 0 Å². The Kier molecular flexibility index (Phi) is 64.1. The topological polar surface area (TPSA) is 78.9 Å². The number of allylic oxidation sites excluding steroid dienone is 6. The van der Waals surface area contributed by atoms with Crippen molar-refractivity contribution in [3.05, 3.63) is 36.5 Å². The number of unbranched alkanes of at least 4 members (excludes halogenated alkanes) is 47. The summed E-state index contributed by atoms with van der Waals surface area (Å²) in [5.41, 5.74) is 0. The highest BCUT2D eigenvalue weighted by molar-refractivity contribution is 5.71. The zero-order valence-electron chi connectivity index (χ0n) is 52.0. The van der Waals surface area contributed by atoms with Crippen LogP contribution >= 0.6 is 0 Å². The number of carbonyl (C=O) groups is 3. The van der Waals surface area contributed by atoms with E-state index >= 15 is 0 Å². The zero-order valence-corrected chi connectivity index (χ0v) is 52.0. The van der Waals surface area contributed by atoms with Gasteiger partial charge in [-0.05, 0) is 57.8 Å². The maximum atomic E-state index is 12.9. The van der Waals surface area contributed by atoms with Gasteiger partial charge in [0, 0.05) is 19.3 Å². The van der Waals surface area contributed by atoms with Gasteiger partial charge in [-0.1, -0.05) is 340 Å². The normalized spacial score (nSPS) is 12.2. The van der Waals surface area contributed by atoms with Crippen molar-refractivity contribution >= 4 is 17.9 Å². The fourth-order valence-electron chi connectivity index (χ4n) is 10.5. The number of hydrogen-bond acceptors (Lipinski definition) is 6. The van der Waals surface area contributed by atoms with Gasteiger partial charge in [0.2, 0.25) is 0 Å². The summed E-state index contributed by atoms with van der Waals surface area (Å²) in [7, 11) is 0. The molecule has 0 aromatic rings. The maximum Gasteiger partial charge on any atom is 0.306 e. The highest BCUT2D eigenvalue weighted by Gasteiger charge is 2.19. The summed E-state index contributed by atoms with van der Waals surface area (Å²) in [5.74, 6) is -0.838. The second-order valence-electron chi connectivity index (χ2n) is 23.5. The SMILES string of the molecule is CCCCCCC/C=C\C/C=C\C/C=C\CCCCCCCCCCCCCCC(=O)OCC(COC(=O)CCCCCCCCCCCCCCCCCC)OC(=O)CCCCCCCCCCCCCCCCCC. The van der Waals surface area contributed by atoms with Crippen LogP contribution in [0.15, 0.2) is 36.5 Å². The van der Waals surface area contributed by atoms with Crippen LogP contribution in [0.25, 0.3) is 0 Å². The van der Waals surface area contributed by atoms with Gasteiger partial charge in [-0.25, -0.2) is 0 Å². The van der Waals surface area contributed by atoms with Gasteiger partial charge in [-0.15, -0.1) is 0 Å². The van der Waals surface area contributed by atoms with Crippen LogP contribution in [0.4, 0.5) is 0 Å². The lowest BCUT2D eigenvalue weighted by Gasteiger charge is -2.18. The molecular formula is C71H132O6. The van der Waals surface area contributed by atoms with E-state index in [-0.39, 0.29) is 31.1 Å². The van der Waals surface area contributed by atoms with E-state index in [0.29, 0.717) is 19.3 Å². The first-order valence-corrected chi connectivity index (χ1v) is 34.5. The second-order valence-corrected chi connectivity index (χ2v) is 23.5. The molecule has 0 radical (unpaired) electrons. The molecule has 0 aliphatic rings. The molecule has 1 unspecified atom stereocenters. The van der Waals surface area contributed by atoms with E-state index in [1.54, 1.807) is 0 Å². The average Bonchev–Trinajstić information content (AvgIpc) is 3.43. The van der Waals surface area contributed by atoms with Gasteiger partial charge in [-0.3, -0.25) is 14.4 Å². The van der Waals surface area contributed by atoms with E-state index in [9.17, 15) is 14.4 Å². The molecule has 0 aliphatic carbocycles. The monoisotopic (exact) mass is 1080 g/mol. The highest BCUT2D eigenvalue weighted by Crippen LogP contribution is 2.18. The molecule has 0 heterocycles. The van der Waals surface area contributed by atoms with E-state index in [1.807, 2.05) is 0 Å². The molecule has 452 valence electrons. The van der Waals surface area contributed by atoms with Crippen LogP contribution in [0.3, 0.4) is 0 Å². The molecule has 0 N–H and O–H groups in total. The molecule has 0 saturated heterocycles. The quantitative estimate of drug-likeness (QED) is 0.0261. The molecule has 0 amide bonds. The first-order chi connectivity index (χ1) is 38.0. The number of rotatable bonds is 64. The minimum Gasteiger partial charge on any atom is -0.462 e. The summed E-state index contributed by atoms with van der Waals surface area (Å²) in [6.45, 7) is 6.70. The van der Waals surface area contributed by atoms with Crippen LogP contribution in [-0.4, -0.2) is 37.2 Å². The Morgan fingerprint density at radius 2 is 0.468 bits per heavy atom. The summed E-state index contributed by atoms with van der Waals surface area (Å²) < 4.78 is 17.0. The Balaban J connectivity index is 4.25. The lowest BCUT2D eigenvalue weighted by Crippen LogP contribution is -2.30. The van der Waals surface area contributed by atoms with Crippen LogP contribution in [0.1, 0.15) is 380 Å². The molecule has 77 heavy (non-hydrogen) atoms. The zero-order chi connectivity index (χ0) is 55.7. The predicted molar refractivity (Wildman–Crippen MR) is 335 cm³/mol. The van der Waals surface area contributed by atoms with Gasteiger partial charge >= 0.3 is 17.9 Å². The fraction of sp³-hybridized carbons (Fsp3) is 0.873. The van der Waals surface area contributed by atoms with E-state index in [4.69, 9.17) is 14.2 Å². The van der Waals surface area contributed by atoms with Crippen molar-refractivity contribution in [2.24, 2.45) is 0 Å². The Labute approximate surface area is 480 Å². The maximum absolute atomic E-state index is 12.9. The van der Waals surface area contributed by atoms with Crippen molar-refractivity contribution in [2.75, 3.05) is 13.2 Å². The Morgan fingerprint density at radius 1 is 0.260 bits per heavy atom. The molecule has 0 fully saturated rings. The van der Waals surface area contributed by atoms with E-state index < -0.39 is 6.10 Å². The van der Waals surface area contributed by atoms with Gasteiger partial charge in [0.15, 0.2) is 6.10 Å². The van der Waals surface area contributed by atoms with Gasteiger partial charge < -0.3 is 14.2 Å². The molecule has 6 nitrogen and oxygen atoms in total. The summed E-state index contributed by atoms with van der Waals surface area (Å²) in [4.78, 5) is 38.4. The van der Waals surface area contributed by atoms with Crippen molar-refractivity contribution < 1.29 is 28.6 Å². The summed E-state index contributed by atoms with van der Waals surface area (Å²) >= 11 is 0. The molecule has 0 aliphatic heterocycles. The van der Waals surface area contributed by atoms with Crippen molar-refractivity contribution in [2.45, 2.75) is 386 Å². The number of carbonyl (C=O) groups excluding carboxylic acids is 3. The summed E-state index contributed by atoms with van der Waals surface area (Å²) in [6, 6.07) is 0. The molecule has 0 aromatic heterocycles. The number of hydrogen-bond donors (Lipinski definition) is 0. The second kappa shape index (κ2) is 66.1. The number of esters is 3. The van der Waals surface area contributed by atoms with Crippen LogP contribution in [-0.2, 0) is 28.6 Å². The minimum absolute atomic E-state index is 0.0659. The van der Waals surface area contributed by atoms with Gasteiger partial charge in [0.05, 0.1) is 0 Å². The smallest absolute Gasteiger partial charge is 0.306 e. The van der Waals surface area contributed by atoms with Gasteiger partial charge in [0.25, 0.3) is 0 Å². The molecule has 0 bridgehead atoms. The third kappa shape index (κ3) is 64.3. The standard InChI is InChI=1S/C71H132O6/c1-4-7-10-13-16-19-22-25-28-31-32-33-34-35-36-37-38-39-40-41-44-46-49-52-55-58-61-64-70(73)76-67-68(77-71(74)65-62-59-56-53-50-47-43-30-27-24-21-18-15-12-9-6-3)66-75-69(72)63-60-57-54-51-48-45-42-29-26-23-20-17-14-11-8-5-2/h22,25,31-32,34-35,68H,4-21,23-24,26-30,33,36-67H2,1-3H3/b25-22-,32-31-,35-34-. The highest BCUT2D eigenvalue weighted by atomic mass is 16.6. The minimum atomic E-state index is -0.769. The summed E-state index contributed by atoms with van der Waals surface area (Å²) in [5, 5.41) is 0. The van der Waals surface area contributed by atoms with Crippen molar-refractivity contribution in [3.8, 4) is 0 Å². The molecule has 0 aromatic carbocycles. The van der Waals surface area contributed by atoms with Crippen molar-refractivity contribution in [3.63, 3.8) is 0 Å². The first kappa shape index (κ1) is 74.6. The molecule has 0 saturated carbocycles. The number of ether oxygens (including phenoxy) is 3. The van der Waals surface area contributed by atoms with E-state index in [2.05, 4.69) is 57.2 Å². The van der Waals surface area contributed by atoms with Crippen LogP contribution in [0, 0.1) is 0 Å². The summed E-state index contributed by atoms with van der Waals surface area (Å²) in [6.07, 6.45) is 81.6. The molecule has 0 rings (SSSR count). The average molecular weight is 1080 g/mol. The molecule has 6 heteroatoms. The third-order valence-corrected chi connectivity index (χ3v) is 15.6. The van der Waals surface area contributed by atoms with Gasteiger partial charge in [-0.2, -0.15) is 0 Å². The lowest BCUT2D eigenvalue weighted by molar-refractivity contribution is -0.167. The van der Waals surface area contributed by atoms with E-state index in [1.165, 1.54) is 270 Å². The predicted octanol–water partition coefficient (Wildman–Crippen LogP) is 23.6. The Morgan fingerprint density at radius 3 is 0.727 bits per heavy atom. The Bertz CT molecular complexity index is 1290. The first-order valence-electron chi connectivity index (χ1n) is 34.5. The lowest BCUT2D eigenvalue weighted by atomic mass is 10.0. The van der Waals surface area contributed by atoms with Gasteiger partial charge in [0.1, 0.15) is 13.2 Å². The largest absolute Gasteiger partial charge is 0.462 e. The molecular weight excluding hydrogens is 949 g/mol. The van der Waals surface area contributed by atoms with Crippen LogP contribution in [0.2, 0.25) is 0 Å². The van der Waals surface area contributed by atoms with Crippen LogP contribution < -0.4 is 0 Å². The third-order valence-electron chi connectivity index (χ3n) is 15.6. The molecule has 1 atom stereocenters. The fourth-order valence-corrected chi connectivity index (χ4v) is 10.5. The van der Waals surface area contributed by atoms with Crippen molar-refractivity contribution in [1.82, 2.24) is 0 Å². The Hall–Kier alpha value is -2.37. The van der Waals surface area contributed by atoms with E-state index in [0.717, 1.165) is 70.6 Å². The molecule has 0 spiro atoms. The van der Waals surface area contributed by atoms with Crippen molar-refractivity contribution in [1.29, 1.82) is 0 Å².